The van der Waals surface area contributed by atoms with Crippen molar-refractivity contribution in [3.05, 3.63) is 10.4 Å². The van der Waals surface area contributed by atoms with Gasteiger partial charge in [0.25, 0.3) is 5.91 Å². The molecule has 4 N–H and O–H groups in total. The smallest absolute Gasteiger partial charge is 0.253 e. The molecular weight excluding hydrogens is 274 g/mol. The predicted molar refractivity (Wildman–Crippen MR) is 82.5 cm³/mol. The molecular formula is C14H21N3O2S. The zero-order valence-corrected chi connectivity index (χ0v) is 13.0. The first-order valence-corrected chi connectivity index (χ1v) is 7.52. The van der Waals surface area contributed by atoms with Crippen LogP contribution in [0.2, 0.25) is 0 Å². The van der Waals surface area contributed by atoms with E-state index < -0.39 is 5.91 Å². The molecule has 5 nitrogen and oxygen atoms in total. The van der Waals surface area contributed by atoms with E-state index in [-0.39, 0.29) is 11.5 Å². The lowest BCUT2D eigenvalue weighted by atomic mass is 9.83. The van der Waals surface area contributed by atoms with Crippen molar-refractivity contribution in [3.63, 3.8) is 0 Å². The minimum Gasteiger partial charge on any atom is -0.397 e. The van der Waals surface area contributed by atoms with Gasteiger partial charge >= 0.3 is 0 Å². The normalized spacial score (nSPS) is 18.1. The molecule has 20 heavy (non-hydrogen) atoms. The molecule has 2 heterocycles. The van der Waals surface area contributed by atoms with E-state index in [1.165, 1.54) is 18.3 Å². The van der Waals surface area contributed by atoms with Gasteiger partial charge in [0.05, 0.1) is 16.1 Å². The third-order valence-electron chi connectivity index (χ3n) is 3.90. The lowest BCUT2D eigenvalue weighted by Crippen LogP contribution is -2.37. The molecule has 110 valence electrons. The number of ketones is 1. The minimum absolute atomic E-state index is 0.126. The van der Waals surface area contributed by atoms with Gasteiger partial charge in [0.15, 0.2) is 5.78 Å². The van der Waals surface area contributed by atoms with Crippen LogP contribution in [-0.2, 0) is 0 Å². The maximum Gasteiger partial charge on any atom is 0.253 e. The second-order valence-electron chi connectivity index (χ2n) is 6.10. The number of nitrogens with two attached hydrogens (primary N) is 2. The molecule has 1 aliphatic rings. The van der Waals surface area contributed by atoms with Crippen molar-refractivity contribution in [1.29, 1.82) is 0 Å². The number of primary amides is 1. The monoisotopic (exact) mass is 295 g/mol. The summed E-state index contributed by atoms with van der Waals surface area (Å²) < 4.78 is 0. The first-order chi connectivity index (χ1) is 9.23. The third kappa shape index (κ3) is 2.65. The molecule has 0 aliphatic carbocycles. The molecule has 0 spiro atoms. The van der Waals surface area contributed by atoms with Crippen LogP contribution in [0, 0.1) is 5.41 Å². The molecule has 1 aliphatic heterocycles. The molecule has 6 heteroatoms. The third-order valence-corrected chi connectivity index (χ3v) is 5.26. The number of Topliss-reactive ketones (excluding diaryl/α,β-unsaturated/α-hetero) is 1. The van der Waals surface area contributed by atoms with E-state index in [1.54, 1.807) is 0 Å². The van der Waals surface area contributed by atoms with Crippen molar-refractivity contribution >= 4 is 33.7 Å². The van der Waals surface area contributed by atoms with Gasteiger partial charge in [-0.3, -0.25) is 9.59 Å². The first kappa shape index (κ1) is 14.8. The maximum atomic E-state index is 11.7. The van der Waals surface area contributed by atoms with Crippen LogP contribution in [0.4, 0.5) is 10.7 Å². The van der Waals surface area contributed by atoms with Gasteiger partial charge in [0.1, 0.15) is 5.00 Å². The minimum atomic E-state index is -0.564. The highest BCUT2D eigenvalue weighted by molar-refractivity contribution is 7.19. The summed E-state index contributed by atoms with van der Waals surface area (Å²) in [5.74, 6) is -0.690. The number of nitrogens with zero attached hydrogens (tertiary/aromatic N) is 1. The summed E-state index contributed by atoms with van der Waals surface area (Å²) in [4.78, 5) is 25.8. The number of hydrogen-bond acceptors (Lipinski definition) is 5. The summed E-state index contributed by atoms with van der Waals surface area (Å²) >= 11 is 1.28. The highest BCUT2D eigenvalue weighted by Crippen LogP contribution is 2.41. The van der Waals surface area contributed by atoms with Crippen LogP contribution >= 0.6 is 11.3 Å². The predicted octanol–water partition coefficient (Wildman–Crippen LogP) is 2.26. The van der Waals surface area contributed by atoms with Gasteiger partial charge in [-0.05, 0) is 18.3 Å². The molecule has 0 bridgehead atoms. The number of carbonyl (C=O) groups is 2. The Bertz CT molecular complexity index is 553. The molecule has 2 rings (SSSR count). The Hall–Kier alpha value is -1.56. The van der Waals surface area contributed by atoms with Gasteiger partial charge in [-0.25, -0.2) is 0 Å². The van der Waals surface area contributed by atoms with Crippen molar-refractivity contribution in [2.24, 2.45) is 11.1 Å². The van der Waals surface area contributed by atoms with Crippen LogP contribution in [0.15, 0.2) is 0 Å². The molecule has 1 aromatic rings. The summed E-state index contributed by atoms with van der Waals surface area (Å²) in [5.41, 5.74) is 12.2. The second kappa shape index (κ2) is 5.09. The number of hydrogen-bond donors (Lipinski definition) is 2. The lowest BCUT2D eigenvalue weighted by molar-refractivity contribution is 0.100. The summed E-state index contributed by atoms with van der Waals surface area (Å²) in [5, 5.41) is 0.746. The number of piperidine rings is 1. The average Bonchev–Trinajstić information content (AvgIpc) is 2.67. The van der Waals surface area contributed by atoms with Gasteiger partial charge in [-0.2, -0.15) is 0 Å². The van der Waals surface area contributed by atoms with Crippen LogP contribution in [0.3, 0.4) is 0 Å². The highest BCUT2D eigenvalue weighted by Gasteiger charge is 2.30. The molecule has 0 radical (unpaired) electrons. The quantitative estimate of drug-likeness (QED) is 0.837. The number of anilines is 2. The Morgan fingerprint density at radius 3 is 2.25 bits per heavy atom. The Morgan fingerprint density at radius 1 is 1.25 bits per heavy atom. The van der Waals surface area contributed by atoms with E-state index >= 15 is 0 Å². The SMILES string of the molecule is CC(=O)c1sc(N2CCC(C)(C)CC2)c(C(N)=O)c1N. The van der Waals surface area contributed by atoms with E-state index in [4.69, 9.17) is 11.5 Å². The number of carbonyl (C=O) groups excluding carboxylic acids is 2. The highest BCUT2D eigenvalue weighted by atomic mass is 32.1. The number of amides is 1. The summed E-state index contributed by atoms with van der Waals surface area (Å²) in [6.07, 6.45) is 2.08. The van der Waals surface area contributed by atoms with Crippen molar-refractivity contribution in [1.82, 2.24) is 0 Å². The van der Waals surface area contributed by atoms with Gasteiger partial charge < -0.3 is 16.4 Å². The van der Waals surface area contributed by atoms with Crippen LogP contribution in [0.25, 0.3) is 0 Å². The van der Waals surface area contributed by atoms with Crippen LogP contribution in [-0.4, -0.2) is 24.8 Å². The summed E-state index contributed by atoms with van der Waals surface area (Å²) in [7, 11) is 0. The molecule has 1 amide bonds. The number of rotatable bonds is 3. The molecule has 0 atom stereocenters. The van der Waals surface area contributed by atoms with E-state index in [0.717, 1.165) is 30.9 Å². The topological polar surface area (TPSA) is 89.4 Å². The molecule has 1 fully saturated rings. The standard InChI is InChI=1S/C14H21N3O2S/c1-8(18)11-10(15)9(12(16)19)13(20-11)17-6-4-14(2,3)5-7-17/h4-7,15H2,1-3H3,(H2,16,19). The Labute approximate surface area is 122 Å². The molecule has 0 saturated carbocycles. The van der Waals surface area contributed by atoms with Crippen molar-refractivity contribution in [2.45, 2.75) is 33.6 Å². The first-order valence-electron chi connectivity index (χ1n) is 6.71. The van der Waals surface area contributed by atoms with Gasteiger partial charge in [-0.15, -0.1) is 11.3 Å². The number of nitrogen functional groups attached to an aromatic ring is 1. The lowest BCUT2D eigenvalue weighted by Gasteiger charge is -2.37. The molecule has 0 aromatic carbocycles. The molecule has 0 unspecified atom stereocenters. The second-order valence-corrected chi connectivity index (χ2v) is 7.10. The largest absolute Gasteiger partial charge is 0.397 e. The Balaban J connectivity index is 2.39. The fraction of sp³-hybridized carbons (Fsp3) is 0.571. The molecule has 1 aromatic heterocycles. The van der Waals surface area contributed by atoms with Crippen LogP contribution in [0.1, 0.15) is 53.6 Å². The zero-order chi connectivity index (χ0) is 15.1. The van der Waals surface area contributed by atoms with Crippen molar-refractivity contribution in [2.75, 3.05) is 23.7 Å². The summed E-state index contributed by atoms with van der Waals surface area (Å²) in [6, 6.07) is 0. The Morgan fingerprint density at radius 2 is 1.80 bits per heavy atom. The number of thiophene rings is 1. The van der Waals surface area contributed by atoms with E-state index in [0.29, 0.717) is 15.9 Å². The van der Waals surface area contributed by atoms with Gasteiger partial charge in [0, 0.05) is 20.0 Å². The molecule has 1 saturated heterocycles. The van der Waals surface area contributed by atoms with Crippen LogP contribution < -0.4 is 16.4 Å². The zero-order valence-electron chi connectivity index (χ0n) is 12.2. The fourth-order valence-electron chi connectivity index (χ4n) is 2.47. The van der Waals surface area contributed by atoms with Gasteiger partial charge in [-0.1, -0.05) is 13.8 Å². The van der Waals surface area contributed by atoms with Crippen LogP contribution in [0.5, 0.6) is 0 Å². The van der Waals surface area contributed by atoms with E-state index in [2.05, 4.69) is 18.7 Å². The average molecular weight is 295 g/mol. The van der Waals surface area contributed by atoms with Crippen molar-refractivity contribution < 1.29 is 9.59 Å². The van der Waals surface area contributed by atoms with Gasteiger partial charge in [0.2, 0.25) is 0 Å². The summed E-state index contributed by atoms with van der Waals surface area (Å²) in [6.45, 7) is 7.64. The van der Waals surface area contributed by atoms with E-state index in [1.807, 2.05) is 0 Å². The fourth-order valence-corrected chi connectivity index (χ4v) is 3.64. The maximum absolute atomic E-state index is 11.7. The van der Waals surface area contributed by atoms with Crippen molar-refractivity contribution in [3.8, 4) is 0 Å². The Kier molecular flexibility index (Phi) is 3.77. The van der Waals surface area contributed by atoms with E-state index in [9.17, 15) is 9.59 Å².